The molecule has 0 N–H and O–H groups in total. The minimum absolute atomic E-state index is 0.0126. The number of nitrogens with zero attached hydrogens (tertiary/aromatic N) is 1. The van der Waals surface area contributed by atoms with Crippen LogP contribution in [0.4, 0.5) is 5.69 Å². The molecule has 3 aliphatic carbocycles. The Bertz CT molecular complexity index is 590. The van der Waals surface area contributed by atoms with Gasteiger partial charge in [0.1, 0.15) is 0 Å². The molecule has 1 saturated heterocycles. The van der Waals surface area contributed by atoms with Gasteiger partial charge in [-0.15, -0.1) is 0 Å². The van der Waals surface area contributed by atoms with E-state index in [0.717, 1.165) is 17.3 Å². The summed E-state index contributed by atoms with van der Waals surface area (Å²) in [6.45, 7) is 0. The van der Waals surface area contributed by atoms with Crippen LogP contribution < -0.4 is 4.90 Å². The zero-order valence-corrected chi connectivity index (χ0v) is 12.4. The highest BCUT2D eigenvalue weighted by molar-refractivity contribution is 9.10. The normalized spacial score (nSPS) is 34.8. The van der Waals surface area contributed by atoms with Crippen LogP contribution in [-0.2, 0) is 9.59 Å². The monoisotopic (exact) mass is 331 g/mol. The first-order chi connectivity index (χ1) is 9.66. The van der Waals surface area contributed by atoms with Crippen molar-refractivity contribution in [1.29, 1.82) is 0 Å². The molecule has 3 nitrogen and oxygen atoms in total. The van der Waals surface area contributed by atoms with Crippen molar-refractivity contribution >= 4 is 33.4 Å². The molecular formula is C16H14BrNO2. The van der Waals surface area contributed by atoms with Crippen molar-refractivity contribution in [2.45, 2.75) is 12.8 Å². The number of carbonyl (C=O) groups excluding carboxylic acids is 2. The van der Waals surface area contributed by atoms with Crippen LogP contribution in [0.2, 0.25) is 0 Å². The third-order valence-corrected chi connectivity index (χ3v) is 5.37. The maximum atomic E-state index is 12.7. The number of hydrogen-bond donors (Lipinski definition) is 0. The van der Waals surface area contributed by atoms with Crippen LogP contribution in [0, 0.1) is 23.7 Å². The highest BCUT2D eigenvalue weighted by atomic mass is 79.9. The van der Waals surface area contributed by atoms with Crippen LogP contribution in [0.25, 0.3) is 0 Å². The smallest absolute Gasteiger partial charge is 0.238 e. The van der Waals surface area contributed by atoms with Crippen LogP contribution in [0.1, 0.15) is 12.8 Å². The third-order valence-electron chi connectivity index (χ3n) is 4.84. The van der Waals surface area contributed by atoms with Crippen molar-refractivity contribution in [2.24, 2.45) is 23.7 Å². The molecule has 1 heterocycles. The maximum absolute atomic E-state index is 12.7. The lowest BCUT2D eigenvalue weighted by Gasteiger charge is -2.38. The Morgan fingerprint density at radius 3 is 1.85 bits per heavy atom. The fourth-order valence-electron chi connectivity index (χ4n) is 3.92. The van der Waals surface area contributed by atoms with Gasteiger partial charge < -0.3 is 0 Å². The van der Waals surface area contributed by atoms with Gasteiger partial charge in [-0.05, 0) is 48.9 Å². The lowest BCUT2D eigenvalue weighted by Crippen LogP contribution is -2.38. The predicted molar refractivity (Wildman–Crippen MR) is 79.0 cm³/mol. The second kappa shape index (κ2) is 4.29. The van der Waals surface area contributed by atoms with Gasteiger partial charge in [-0.2, -0.15) is 0 Å². The van der Waals surface area contributed by atoms with Gasteiger partial charge in [0.2, 0.25) is 11.8 Å². The number of imide groups is 1. The highest BCUT2D eigenvalue weighted by Gasteiger charge is 2.56. The topological polar surface area (TPSA) is 37.4 Å². The molecule has 0 spiro atoms. The number of allylic oxidation sites excluding steroid dienone is 2. The molecule has 2 amide bonds. The van der Waals surface area contributed by atoms with Crippen LogP contribution in [-0.4, -0.2) is 11.8 Å². The number of fused-ring (bicyclic) bond motifs is 1. The van der Waals surface area contributed by atoms with Gasteiger partial charge in [-0.25, -0.2) is 0 Å². The molecule has 1 aliphatic heterocycles. The lowest BCUT2D eigenvalue weighted by atomic mass is 9.63. The maximum Gasteiger partial charge on any atom is 0.238 e. The summed E-state index contributed by atoms with van der Waals surface area (Å²) in [5.41, 5.74) is 0.692. The van der Waals surface area contributed by atoms with Gasteiger partial charge in [0.05, 0.1) is 17.5 Å². The van der Waals surface area contributed by atoms with Gasteiger partial charge in [0, 0.05) is 4.47 Å². The van der Waals surface area contributed by atoms with Crippen LogP contribution in [0.5, 0.6) is 0 Å². The van der Waals surface area contributed by atoms with Crippen molar-refractivity contribution < 1.29 is 9.59 Å². The fraction of sp³-hybridized carbons (Fsp3) is 0.375. The second-order valence-electron chi connectivity index (χ2n) is 5.83. The molecule has 2 bridgehead atoms. The van der Waals surface area contributed by atoms with Gasteiger partial charge in [0.25, 0.3) is 0 Å². The summed E-state index contributed by atoms with van der Waals surface area (Å²) in [5, 5.41) is 0. The Balaban J connectivity index is 1.75. The summed E-state index contributed by atoms with van der Waals surface area (Å²) in [6.07, 6.45) is 6.36. The van der Waals surface area contributed by atoms with Crippen molar-refractivity contribution in [2.75, 3.05) is 4.90 Å². The standard InChI is InChI=1S/C16H14BrNO2/c17-11-5-7-12(8-6-11)18-15(19)13-9-1-2-10(4-3-9)14(13)16(18)20/h1-2,5-10,13-14H,3-4H2/t9-,10-,13+,14+/m1/s1. The summed E-state index contributed by atoms with van der Waals surface area (Å²) >= 11 is 3.38. The Morgan fingerprint density at radius 2 is 1.40 bits per heavy atom. The summed E-state index contributed by atoms with van der Waals surface area (Å²) in [7, 11) is 0. The van der Waals surface area contributed by atoms with Gasteiger partial charge in [0.15, 0.2) is 0 Å². The summed E-state index contributed by atoms with van der Waals surface area (Å²) < 4.78 is 0.944. The van der Waals surface area contributed by atoms with Crippen molar-refractivity contribution in [3.05, 3.63) is 40.9 Å². The quantitative estimate of drug-likeness (QED) is 0.585. The minimum atomic E-state index is -0.130. The molecule has 1 aromatic rings. The SMILES string of the molecule is O=C1[C@@H]2[C@@H](C(=O)N1c1ccc(Br)cc1)[C@@H]1C=C[C@@H]2CC1. The first-order valence-electron chi connectivity index (χ1n) is 6.98. The van der Waals surface area contributed by atoms with Gasteiger partial charge in [-0.1, -0.05) is 28.1 Å². The molecule has 4 aliphatic rings. The Morgan fingerprint density at radius 1 is 0.900 bits per heavy atom. The molecule has 1 saturated carbocycles. The predicted octanol–water partition coefficient (Wildman–Crippen LogP) is 3.15. The van der Waals surface area contributed by atoms with Crippen LogP contribution in [0.15, 0.2) is 40.9 Å². The van der Waals surface area contributed by atoms with Crippen LogP contribution in [0.3, 0.4) is 0 Å². The summed E-state index contributed by atoms with van der Waals surface area (Å²) in [5.74, 6) is 0.219. The van der Waals surface area contributed by atoms with E-state index < -0.39 is 0 Å². The van der Waals surface area contributed by atoms with E-state index in [1.165, 1.54) is 4.90 Å². The van der Waals surface area contributed by atoms with Gasteiger partial charge in [-0.3, -0.25) is 14.5 Å². The number of halogens is 1. The molecular weight excluding hydrogens is 318 g/mol. The van der Waals surface area contributed by atoms with Crippen molar-refractivity contribution in [1.82, 2.24) is 0 Å². The molecule has 2 fully saturated rings. The van der Waals surface area contributed by atoms with Crippen LogP contribution >= 0.6 is 15.9 Å². The zero-order valence-electron chi connectivity index (χ0n) is 10.8. The molecule has 4 heteroatoms. The molecule has 0 unspecified atom stereocenters. The first-order valence-corrected chi connectivity index (χ1v) is 7.78. The van der Waals surface area contributed by atoms with E-state index in [0.29, 0.717) is 5.69 Å². The molecule has 5 rings (SSSR count). The van der Waals surface area contributed by atoms with Gasteiger partial charge >= 0.3 is 0 Å². The number of hydrogen-bond acceptors (Lipinski definition) is 2. The van der Waals surface area contributed by atoms with E-state index in [4.69, 9.17) is 0 Å². The zero-order chi connectivity index (χ0) is 13.9. The Hall–Kier alpha value is -1.42. The lowest BCUT2D eigenvalue weighted by molar-refractivity contribution is -0.124. The average molecular weight is 332 g/mol. The Labute approximate surface area is 125 Å². The van der Waals surface area contributed by atoms with Crippen molar-refractivity contribution in [3.8, 4) is 0 Å². The average Bonchev–Trinajstić information content (AvgIpc) is 2.76. The largest absolute Gasteiger partial charge is 0.274 e. The Kier molecular flexibility index (Phi) is 2.64. The number of benzene rings is 1. The van der Waals surface area contributed by atoms with E-state index >= 15 is 0 Å². The highest BCUT2D eigenvalue weighted by Crippen LogP contribution is 2.50. The molecule has 20 heavy (non-hydrogen) atoms. The van der Waals surface area contributed by atoms with E-state index in [1.807, 2.05) is 24.3 Å². The molecule has 102 valence electrons. The third kappa shape index (κ3) is 1.57. The number of rotatable bonds is 1. The van der Waals surface area contributed by atoms with E-state index in [2.05, 4.69) is 28.1 Å². The van der Waals surface area contributed by atoms with E-state index in [-0.39, 0.29) is 35.5 Å². The molecule has 1 aromatic carbocycles. The minimum Gasteiger partial charge on any atom is -0.274 e. The van der Waals surface area contributed by atoms with E-state index in [9.17, 15) is 9.59 Å². The van der Waals surface area contributed by atoms with Crippen molar-refractivity contribution in [3.63, 3.8) is 0 Å². The molecule has 4 atom stereocenters. The first kappa shape index (κ1) is 12.3. The fourth-order valence-corrected chi connectivity index (χ4v) is 4.18. The number of carbonyl (C=O) groups is 2. The number of amides is 2. The summed E-state index contributed by atoms with van der Waals surface area (Å²) in [6, 6.07) is 7.38. The second-order valence-corrected chi connectivity index (χ2v) is 6.75. The molecule has 0 aromatic heterocycles. The van der Waals surface area contributed by atoms with E-state index in [1.54, 1.807) is 0 Å². The summed E-state index contributed by atoms with van der Waals surface area (Å²) in [4.78, 5) is 26.8. The molecule has 0 radical (unpaired) electrons. The number of anilines is 1.